The van der Waals surface area contributed by atoms with Crippen molar-refractivity contribution >= 4 is 11.7 Å². The Morgan fingerprint density at radius 1 is 1.27 bits per heavy atom. The number of pyridine rings is 1. The first-order chi connectivity index (χ1) is 12.5. The van der Waals surface area contributed by atoms with E-state index in [0.29, 0.717) is 35.2 Å². The quantitative estimate of drug-likeness (QED) is 0.817. The number of anilines is 1. The van der Waals surface area contributed by atoms with Crippen molar-refractivity contribution in [3.8, 4) is 17.2 Å². The van der Waals surface area contributed by atoms with Crippen LogP contribution in [0.25, 0.3) is 11.5 Å². The zero-order chi connectivity index (χ0) is 18.7. The highest BCUT2D eigenvalue weighted by molar-refractivity contribution is 5.72. The molecule has 1 fully saturated rings. The van der Waals surface area contributed by atoms with Gasteiger partial charge in [0.05, 0.1) is 25.3 Å². The third kappa shape index (κ3) is 3.66. The first-order valence-corrected chi connectivity index (χ1v) is 8.91. The fourth-order valence-corrected chi connectivity index (χ4v) is 3.45. The lowest BCUT2D eigenvalue weighted by Gasteiger charge is -2.29. The van der Waals surface area contributed by atoms with E-state index in [2.05, 4.69) is 10.1 Å². The highest BCUT2D eigenvalue weighted by atomic mass is 16.5. The van der Waals surface area contributed by atoms with Gasteiger partial charge < -0.3 is 19.7 Å². The van der Waals surface area contributed by atoms with Crippen LogP contribution in [0.4, 0.5) is 5.69 Å². The minimum Gasteiger partial charge on any atom is -0.491 e. The first-order valence-electron chi connectivity index (χ1n) is 8.91. The van der Waals surface area contributed by atoms with Crippen LogP contribution in [0.15, 0.2) is 16.7 Å². The van der Waals surface area contributed by atoms with Gasteiger partial charge in [0, 0.05) is 5.92 Å². The van der Waals surface area contributed by atoms with E-state index in [1.165, 1.54) is 7.11 Å². The zero-order valence-corrected chi connectivity index (χ0v) is 15.4. The predicted molar refractivity (Wildman–Crippen MR) is 96.6 cm³/mol. The second-order valence-corrected chi connectivity index (χ2v) is 6.78. The minimum atomic E-state index is -0.139. The third-order valence-corrected chi connectivity index (χ3v) is 5.04. The van der Waals surface area contributed by atoms with E-state index in [0.717, 1.165) is 31.4 Å². The van der Waals surface area contributed by atoms with Crippen LogP contribution in [-0.4, -0.2) is 29.8 Å². The van der Waals surface area contributed by atoms with Crippen LogP contribution in [0.5, 0.6) is 5.75 Å². The Bertz CT molecular complexity index is 787. The molecule has 2 heterocycles. The number of rotatable bonds is 5. The van der Waals surface area contributed by atoms with Crippen LogP contribution in [0.3, 0.4) is 0 Å². The normalized spacial score (nSPS) is 20.0. The molecule has 1 aliphatic carbocycles. The molecule has 1 aliphatic rings. The molecule has 26 heavy (non-hydrogen) atoms. The van der Waals surface area contributed by atoms with Crippen molar-refractivity contribution in [1.82, 2.24) is 10.1 Å². The fourth-order valence-electron chi connectivity index (χ4n) is 3.45. The molecule has 7 nitrogen and oxygen atoms in total. The lowest BCUT2D eigenvalue weighted by molar-refractivity contribution is -0.149. The van der Waals surface area contributed by atoms with Crippen molar-refractivity contribution in [3.63, 3.8) is 0 Å². The summed E-state index contributed by atoms with van der Waals surface area (Å²) < 4.78 is 16.2. The number of ether oxygens (including phenoxy) is 2. The molecule has 0 aliphatic heterocycles. The van der Waals surface area contributed by atoms with Gasteiger partial charge in [-0.05, 0) is 38.8 Å². The zero-order valence-electron chi connectivity index (χ0n) is 15.4. The van der Waals surface area contributed by atoms with Gasteiger partial charge in [-0.3, -0.25) is 4.79 Å². The Kier molecular flexibility index (Phi) is 5.44. The lowest BCUT2D eigenvalue weighted by Crippen LogP contribution is -2.32. The van der Waals surface area contributed by atoms with Crippen molar-refractivity contribution in [2.24, 2.45) is 11.8 Å². The Morgan fingerprint density at radius 3 is 2.69 bits per heavy atom. The SMILES string of the molecule is COC(=O)[C@H]1CCCC[C@@H]1COc1ccc(-c2onc(C)c2N)nc1C. The summed E-state index contributed by atoms with van der Waals surface area (Å²) in [4.78, 5) is 16.5. The molecular formula is C19H25N3O4. The van der Waals surface area contributed by atoms with E-state index in [1.54, 1.807) is 13.0 Å². The molecule has 1 saturated carbocycles. The average molecular weight is 359 g/mol. The van der Waals surface area contributed by atoms with Crippen LogP contribution in [0.1, 0.15) is 37.1 Å². The molecule has 0 unspecified atom stereocenters. The minimum absolute atomic E-state index is 0.0849. The molecule has 0 bridgehead atoms. The van der Waals surface area contributed by atoms with E-state index in [9.17, 15) is 4.79 Å². The summed E-state index contributed by atoms with van der Waals surface area (Å²) in [6, 6.07) is 3.66. The Balaban J connectivity index is 1.70. The maximum atomic E-state index is 12.0. The standard InChI is InChI=1S/C19H25N3O4/c1-11-16(9-8-15(21-11)18-17(20)12(2)22-26-18)25-10-13-6-4-5-7-14(13)19(23)24-3/h8-9,13-14H,4-7,10,20H2,1-3H3/t13-,14+/m1/s1. The van der Waals surface area contributed by atoms with Crippen LogP contribution in [0.2, 0.25) is 0 Å². The number of hydrogen-bond acceptors (Lipinski definition) is 7. The summed E-state index contributed by atoms with van der Waals surface area (Å²) in [5, 5.41) is 3.86. The topological polar surface area (TPSA) is 100 Å². The smallest absolute Gasteiger partial charge is 0.309 e. The number of esters is 1. The van der Waals surface area contributed by atoms with E-state index < -0.39 is 0 Å². The second-order valence-electron chi connectivity index (χ2n) is 6.78. The summed E-state index contributed by atoms with van der Waals surface area (Å²) in [5.74, 6) is 1.11. The molecule has 2 aromatic heterocycles. The number of nitrogens with two attached hydrogens (primary N) is 1. The van der Waals surface area contributed by atoms with Gasteiger partial charge in [-0.25, -0.2) is 4.98 Å². The number of carbonyl (C=O) groups is 1. The van der Waals surface area contributed by atoms with Crippen LogP contribution < -0.4 is 10.5 Å². The molecule has 0 saturated heterocycles. The van der Waals surface area contributed by atoms with Gasteiger partial charge in [0.25, 0.3) is 0 Å². The van der Waals surface area contributed by atoms with E-state index in [-0.39, 0.29) is 17.8 Å². The summed E-state index contributed by atoms with van der Waals surface area (Å²) >= 11 is 0. The molecule has 2 aromatic rings. The van der Waals surface area contributed by atoms with E-state index in [1.807, 2.05) is 13.0 Å². The fraction of sp³-hybridized carbons (Fsp3) is 0.526. The molecule has 0 aromatic carbocycles. The van der Waals surface area contributed by atoms with Gasteiger partial charge in [0.1, 0.15) is 22.8 Å². The Labute approximate surface area is 152 Å². The number of aryl methyl sites for hydroxylation is 2. The Morgan fingerprint density at radius 2 is 2.04 bits per heavy atom. The highest BCUT2D eigenvalue weighted by Gasteiger charge is 2.32. The maximum Gasteiger partial charge on any atom is 0.309 e. The van der Waals surface area contributed by atoms with Gasteiger partial charge in [-0.2, -0.15) is 0 Å². The van der Waals surface area contributed by atoms with Gasteiger partial charge in [-0.1, -0.05) is 18.0 Å². The van der Waals surface area contributed by atoms with Crippen LogP contribution >= 0.6 is 0 Å². The van der Waals surface area contributed by atoms with Crippen molar-refractivity contribution < 1.29 is 18.8 Å². The van der Waals surface area contributed by atoms with Gasteiger partial charge in [0.2, 0.25) is 5.76 Å². The second kappa shape index (κ2) is 7.76. The van der Waals surface area contributed by atoms with Crippen molar-refractivity contribution in [1.29, 1.82) is 0 Å². The molecular weight excluding hydrogens is 334 g/mol. The third-order valence-electron chi connectivity index (χ3n) is 5.04. The summed E-state index contributed by atoms with van der Waals surface area (Å²) in [7, 11) is 1.44. The molecule has 0 radical (unpaired) electrons. The van der Waals surface area contributed by atoms with Gasteiger partial charge >= 0.3 is 5.97 Å². The van der Waals surface area contributed by atoms with Crippen molar-refractivity contribution in [2.45, 2.75) is 39.5 Å². The summed E-state index contributed by atoms with van der Waals surface area (Å²) in [6.07, 6.45) is 4.00. The monoisotopic (exact) mass is 359 g/mol. The molecule has 2 N–H and O–H groups in total. The number of carbonyl (C=O) groups excluding carboxylic acids is 1. The van der Waals surface area contributed by atoms with Crippen LogP contribution in [0, 0.1) is 25.7 Å². The largest absolute Gasteiger partial charge is 0.491 e. The number of nitrogen functional groups attached to an aromatic ring is 1. The van der Waals surface area contributed by atoms with E-state index in [4.69, 9.17) is 19.7 Å². The Hall–Kier alpha value is -2.57. The van der Waals surface area contributed by atoms with Crippen molar-refractivity contribution in [2.75, 3.05) is 19.5 Å². The predicted octanol–water partition coefficient (Wildman–Crippen LogP) is 3.29. The summed E-state index contributed by atoms with van der Waals surface area (Å²) in [6.45, 7) is 4.14. The average Bonchev–Trinajstić information content (AvgIpc) is 2.99. The van der Waals surface area contributed by atoms with Gasteiger partial charge in [0.15, 0.2) is 0 Å². The maximum absolute atomic E-state index is 12.0. The first kappa shape index (κ1) is 18.2. The number of aromatic nitrogens is 2. The molecule has 140 valence electrons. The molecule has 3 rings (SSSR count). The van der Waals surface area contributed by atoms with Crippen LogP contribution in [-0.2, 0) is 9.53 Å². The molecule has 2 atom stereocenters. The van der Waals surface area contributed by atoms with Crippen molar-refractivity contribution in [3.05, 3.63) is 23.5 Å². The lowest BCUT2D eigenvalue weighted by atomic mass is 9.80. The number of methoxy groups -OCH3 is 1. The van der Waals surface area contributed by atoms with E-state index >= 15 is 0 Å². The summed E-state index contributed by atoms with van der Waals surface area (Å²) in [5.41, 5.74) is 8.46. The number of nitrogens with zero attached hydrogens (tertiary/aromatic N) is 2. The molecule has 0 amide bonds. The van der Waals surface area contributed by atoms with Gasteiger partial charge in [-0.15, -0.1) is 0 Å². The highest BCUT2D eigenvalue weighted by Crippen LogP contribution is 2.33. The molecule has 0 spiro atoms. The molecule has 7 heteroatoms. The number of hydrogen-bond donors (Lipinski definition) is 1.